The first-order chi connectivity index (χ1) is 17.9. The molecule has 37 heavy (non-hydrogen) atoms. The van der Waals surface area contributed by atoms with Crippen LogP contribution in [0.1, 0.15) is 28.3 Å². The maximum atomic E-state index is 12.2. The molecule has 0 spiro atoms. The van der Waals surface area contributed by atoms with Crippen molar-refractivity contribution in [2.24, 2.45) is 0 Å². The monoisotopic (exact) mass is 506 g/mol. The van der Waals surface area contributed by atoms with Crippen molar-refractivity contribution in [1.82, 2.24) is 10.2 Å². The van der Waals surface area contributed by atoms with Crippen LogP contribution in [-0.2, 0) is 17.6 Å². The third-order valence-electron chi connectivity index (χ3n) is 6.56. The number of amides is 1. The Morgan fingerprint density at radius 2 is 1.49 bits per heavy atom. The fourth-order valence-electron chi connectivity index (χ4n) is 4.54. The van der Waals surface area contributed by atoms with E-state index in [1.807, 2.05) is 48.5 Å². The summed E-state index contributed by atoms with van der Waals surface area (Å²) >= 11 is 0. The van der Waals surface area contributed by atoms with Gasteiger partial charge in [0.25, 0.3) is 0 Å². The van der Waals surface area contributed by atoms with Gasteiger partial charge in [-0.1, -0.05) is 42.0 Å². The van der Waals surface area contributed by atoms with Crippen molar-refractivity contribution in [3.05, 3.63) is 82.9 Å². The van der Waals surface area contributed by atoms with Crippen LogP contribution in [0.3, 0.4) is 0 Å². The summed E-state index contributed by atoms with van der Waals surface area (Å²) < 4.78 is 21.9. The number of nitrogens with zero attached hydrogens (tertiary/aromatic N) is 1. The SMILES string of the molecule is CNC(=O)CN1CCc2cc(OC)c(OC)cc2C1Cc1ccc(OC)c(OC)c1.Cc1ccccc1. The van der Waals surface area contributed by atoms with Crippen LogP contribution in [0, 0.1) is 6.92 Å². The first-order valence-electron chi connectivity index (χ1n) is 12.4. The van der Waals surface area contributed by atoms with E-state index in [-0.39, 0.29) is 11.9 Å². The van der Waals surface area contributed by atoms with Gasteiger partial charge >= 0.3 is 0 Å². The lowest BCUT2D eigenvalue weighted by atomic mass is 9.88. The molecule has 3 aromatic carbocycles. The minimum absolute atomic E-state index is 0.00348. The lowest BCUT2D eigenvalue weighted by Crippen LogP contribution is -2.42. The summed E-state index contributed by atoms with van der Waals surface area (Å²) in [5, 5.41) is 2.73. The highest BCUT2D eigenvalue weighted by molar-refractivity contribution is 5.77. The number of nitrogens with one attached hydrogen (secondary N) is 1. The van der Waals surface area contributed by atoms with Gasteiger partial charge in [-0.05, 0) is 60.7 Å². The zero-order valence-corrected chi connectivity index (χ0v) is 22.7. The van der Waals surface area contributed by atoms with Gasteiger partial charge < -0.3 is 24.3 Å². The molecule has 198 valence electrons. The number of methoxy groups -OCH3 is 4. The number of hydrogen-bond donors (Lipinski definition) is 1. The smallest absolute Gasteiger partial charge is 0.233 e. The Bertz CT molecular complexity index is 1170. The van der Waals surface area contributed by atoms with Crippen LogP contribution in [-0.4, -0.2) is 59.4 Å². The average Bonchev–Trinajstić information content (AvgIpc) is 2.94. The maximum absolute atomic E-state index is 12.2. The summed E-state index contributed by atoms with van der Waals surface area (Å²) in [5.41, 5.74) is 4.79. The predicted molar refractivity (Wildman–Crippen MR) is 146 cm³/mol. The summed E-state index contributed by atoms with van der Waals surface area (Å²) in [6.45, 7) is 3.20. The molecule has 0 fully saturated rings. The molecular weight excluding hydrogens is 468 g/mol. The molecule has 1 atom stereocenters. The van der Waals surface area contributed by atoms with Crippen molar-refractivity contribution < 1.29 is 23.7 Å². The van der Waals surface area contributed by atoms with Crippen LogP contribution in [0.2, 0.25) is 0 Å². The molecule has 1 heterocycles. The first-order valence-corrected chi connectivity index (χ1v) is 12.4. The molecule has 4 rings (SSSR count). The number of benzene rings is 3. The van der Waals surface area contributed by atoms with E-state index in [0.717, 1.165) is 36.3 Å². The van der Waals surface area contributed by atoms with Crippen LogP contribution < -0.4 is 24.3 Å². The van der Waals surface area contributed by atoms with Gasteiger partial charge in [-0.25, -0.2) is 0 Å². The number of likely N-dealkylation sites (N-methyl/N-ethyl adjacent to an activating group) is 1. The number of fused-ring (bicyclic) bond motifs is 1. The Labute approximate surface area is 220 Å². The summed E-state index contributed by atoms with van der Waals surface area (Å²) in [5.74, 6) is 2.79. The molecule has 1 unspecified atom stereocenters. The van der Waals surface area contributed by atoms with Gasteiger partial charge in [-0.2, -0.15) is 0 Å². The second-order valence-corrected chi connectivity index (χ2v) is 8.86. The summed E-state index contributed by atoms with van der Waals surface area (Å²) in [4.78, 5) is 14.4. The Morgan fingerprint density at radius 3 is 2.05 bits per heavy atom. The predicted octanol–water partition coefficient (Wildman–Crippen LogP) is 4.60. The van der Waals surface area contributed by atoms with Crippen LogP contribution in [0.15, 0.2) is 60.7 Å². The zero-order valence-electron chi connectivity index (χ0n) is 22.7. The van der Waals surface area contributed by atoms with E-state index < -0.39 is 0 Å². The van der Waals surface area contributed by atoms with Gasteiger partial charge in [0.1, 0.15) is 0 Å². The number of hydrogen-bond acceptors (Lipinski definition) is 6. The quantitative estimate of drug-likeness (QED) is 0.482. The molecule has 3 aromatic rings. The highest BCUT2D eigenvalue weighted by Gasteiger charge is 2.30. The zero-order chi connectivity index (χ0) is 26.8. The Kier molecular flexibility index (Phi) is 10.2. The number of ether oxygens (including phenoxy) is 4. The third-order valence-corrected chi connectivity index (χ3v) is 6.56. The Morgan fingerprint density at radius 1 is 0.865 bits per heavy atom. The van der Waals surface area contributed by atoms with Crippen molar-refractivity contribution >= 4 is 5.91 Å². The summed E-state index contributed by atoms with van der Waals surface area (Å²) in [7, 11) is 8.20. The molecule has 0 saturated carbocycles. The lowest BCUT2D eigenvalue weighted by molar-refractivity contribution is -0.122. The molecule has 1 aliphatic rings. The molecule has 7 heteroatoms. The molecule has 0 bridgehead atoms. The molecule has 0 radical (unpaired) electrons. The lowest BCUT2D eigenvalue weighted by Gasteiger charge is -2.37. The van der Waals surface area contributed by atoms with Crippen molar-refractivity contribution in [2.45, 2.75) is 25.8 Å². The molecule has 7 nitrogen and oxygen atoms in total. The summed E-state index contributed by atoms with van der Waals surface area (Å²) in [6, 6.07) is 20.3. The number of carbonyl (C=O) groups excluding carboxylic acids is 1. The van der Waals surface area contributed by atoms with E-state index in [1.165, 1.54) is 11.1 Å². The van der Waals surface area contributed by atoms with Crippen molar-refractivity contribution in [1.29, 1.82) is 0 Å². The van der Waals surface area contributed by atoms with Gasteiger partial charge in [0.2, 0.25) is 5.91 Å². The van der Waals surface area contributed by atoms with Crippen LogP contribution in [0.25, 0.3) is 0 Å². The van der Waals surface area contributed by atoms with Gasteiger partial charge in [0.05, 0.1) is 35.0 Å². The molecular formula is C30H38N2O5. The Hall–Kier alpha value is -3.71. The fraction of sp³-hybridized carbons (Fsp3) is 0.367. The first kappa shape index (κ1) is 27.9. The highest BCUT2D eigenvalue weighted by Crippen LogP contribution is 2.40. The van der Waals surface area contributed by atoms with Gasteiger partial charge in [0.15, 0.2) is 23.0 Å². The standard InChI is InChI=1S/C23H30N2O5.C7H8/c1-24-23(26)14-25-9-8-16-12-21(29-4)22(30-5)13-17(16)18(25)10-15-6-7-19(27-2)20(11-15)28-3;1-7-5-3-2-4-6-7/h6-7,11-13,18H,8-10,14H2,1-5H3,(H,24,26);2-6H,1H3. The van der Waals surface area contributed by atoms with Crippen LogP contribution >= 0.6 is 0 Å². The van der Waals surface area contributed by atoms with Gasteiger partial charge in [-0.15, -0.1) is 0 Å². The topological polar surface area (TPSA) is 69.3 Å². The van der Waals surface area contributed by atoms with E-state index in [1.54, 1.807) is 35.5 Å². The normalized spacial score (nSPS) is 14.5. The third kappa shape index (κ3) is 7.17. The minimum Gasteiger partial charge on any atom is -0.493 e. The summed E-state index contributed by atoms with van der Waals surface area (Å²) in [6.07, 6.45) is 1.56. The van der Waals surface area contributed by atoms with Crippen LogP contribution in [0.5, 0.6) is 23.0 Å². The highest BCUT2D eigenvalue weighted by atomic mass is 16.5. The maximum Gasteiger partial charge on any atom is 0.233 e. The largest absolute Gasteiger partial charge is 0.493 e. The van der Waals surface area contributed by atoms with Gasteiger partial charge in [-0.3, -0.25) is 9.69 Å². The van der Waals surface area contributed by atoms with Crippen molar-refractivity contribution in [3.8, 4) is 23.0 Å². The average molecular weight is 507 g/mol. The van der Waals surface area contributed by atoms with E-state index in [9.17, 15) is 4.79 Å². The fourth-order valence-corrected chi connectivity index (χ4v) is 4.54. The van der Waals surface area contributed by atoms with E-state index in [4.69, 9.17) is 18.9 Å². The second kappa shape index (κ2) is 13.6. The van der Waals surface area contributed by atoms with Gasteiger partial charge in [0, 0.05) is 19.6 Å². The molecule has 0 aliphatic carbocycles. The number of carbonyl (C=O) groups is 1. The second-order valence-electron chi connectivity index (χ2n) is 8.86. The Balaban J connectivity index is 0.000000468. The number of aryl methyl sites for hydroxylation is 1. The van der Waals surface area contributed by atoms with E-state index >= 15 is 0 Å². The minimum atomic E-state index is -0.00348. The molecule has 1 N–H and O–H groups in total. The molecule has 1 aliphatic heterocycles. The van der Waals surface area contributed by atoms with E-state index in [2.05, 4.69) is 29.3 Å². The molecule has 1 amide bonds. The van der Waals surface area contributed by atoms with E-state index in [0.29, 0.717) is 23.8 Å². The number of rotatable bonds is 8. The molecule has 0 aromatic heterocycles. The van der Waals surface area contributed by atoms with Crippen molar-refractivity contribution in [3.63, 3.8) is 0 Å². The van der Waals surface area contributed by atoms with Crippen LogP contribution in [0.4, 0.5) is 0 Å². The molecule has 0 saturated heterocycles. The van der Waals surface area contributed by atoms with Crippen molar-refractivity contribution in [2.75, 3.05) is 48.6 Å².